The van der Waals surface area contributed by atoms with Gasteiger partial charge in [0.1, 0.15) is 11.3 Å². The summed E-state index contributed by atoms with van der Waals surface area (Å²) in [5.41, 5.74) is -1.02. The van der Waals surface area contributed by atoms with Crippen molar-refractivity contribution in [2.75, 3.05) is 6.61 Å². The highest BCUT2D eigenvalue weighted by molar-refractivity contribution is 5.77. The second-order valence-corrected chi connectivity index (χ2v) is 10.1. The predicted octanol–water partition coefficient (Wildman–Crippen LogP) is 4.14. The molecule has 1 heterocycles. The zero-order chi connectivity index (χ0) is 21.0. The van der Waals surface area contributed by atoms with Crippen molar-refractivity contribution in [3.63, 3.8) is 0 Å². The molecule has 2 saturated carbocycles. The van der Waals surface area contributed by atoms with Gasteiger partial charge in [-0.25, -0.2) is 4.79 Å². The molecule has 1 aromatic heterocycles. The van der Waals surface area contributed by atoms with Crippen LogP contribution in [-0.2, 0) is 0 Å². The molecule has 4 rings (SSSR count). The lowest BCUT2D eigenvalue weighted by atomic mass is 9.45. The quantitative estimate of drug-likeness (QED) is 0.757. The van der Waals surface area contributed by atoms with Crippen molar-refractivity contribution in [2.45, 2.75) is 65.1 Å². The zero-order valence-electron chi connectivity index (χ0n) is 17.8. The van der Waals surface area contributed by atoms with Crippen LogP contribution < -0.4 is 10.4 Å². The molecule has 0 spiro atoms. The Bertz CT molecular complexity index is 959. The average Bonchev–Trinajstić information content (AvgIpc) is 2.64. The van der Waals surface area contributed by atoms with Gasteiger partial charge in [-0.2, -0.15) is 0 Å². The van der Waals surface area contributed by atoms with Crippen LogP contribution in [-0.4, -0.2) is 28.5 Å². The minimum atomic E-state index is -0.826. The summed E-state index contributed by atoms with van der Waals surface area (Å²) in [4.78, 5) is 11.5. The van der Waals surface area contributed by atoms with E-state index in [0.717, 1.165) is 24.6 Å². The Balaban J connectivity index is 1.61. The molecule has 5 heteroatoms. The first kappa shape index (κ1) is 20.4. The fourth-order valence-electron chi connectivity index (χ4n) is 6.20. The normalized spacial score (nSPS) is 36.6. The summed E-state index contributed by atoms with van der Waals surface area (Å²) >= 11 is 0. The first-order chi connectivity index (χ1) is 13.5. The van der Waals surface area contributed by atoms with Gasteiger partial charge in [0, 0.05) is 23.4 Å². The lowest BCUT2D eigenvalue weighted by Gasteiger charge is -2.62. The van der Waals surface area contributed by atoms with E-state index in [1.54, 1.807) is 12.1 Å². The fourth-order valence-corrected chi connectivity index (χ4v) is 6.20. The van der Waals surface area contributed by atoms with Crippen molar-refractivity contribution < 1.29 is 19.4 Å². The molecule has 158 valence electrons. The molecule has 0 radical (unpaired) electrons. The Morgan fingerprint density at radius 3 is 2.59 bits per heavy atom. The van der Waals surface area contributed by atoms with Gasteiger partial charge < -0.3 is 19.4 Å². The summed E-state index contributed by atoms with van der Waals surface area (Å²) in [6.07, 6.45) is 2.91. The van der Waals surface area contributed by atoms with Crippen LogP contribution in [0.4, 0.5) is 0 Å². The van der Waals surface area contributed by atoms with Gasteiger partial charge >= 0.3 is 5.63 Å². The molecular weight excluding hydrogens is 368 g/mol. The van der Waals surface area contributed by atoms with E-state index >= 15 is 0 Å². The summed E-state index contributed by atoms with van der Waals surface area (Å²) in [7, 11) is 0. The second kappa shape index (κ2) is 6.85. The average molecular weight is 401 g/mol. The predicted molar refractivity (Wildman–Crippen MR) is 112 cm³/mol. The van der Waals surface area contributed by atoms with E-state index in [-0.39, 0.29) is 28.5 Å². The maximum Gasteiger partial charge on any atom is 0.336 e. The fraction of sp³-hybridized carbons (Fsp3) is 0.625. The molecule has 0 saturated heterocycles. The number of hydrogen-bond donors (Lipinski definition) is 2. The van der Waals surface area contributed by atoms with E-state index in [9.17, 15) is 15.0 Å². The van der Waals surface area contributed by atoms with E-state index in [2.05, 4.69) is 20.8 Å². The summed E-state index contributed by atoms with van der Waals surface area (Å²) in [6.45, 7) is 8.87. The van der Waals surface area contributed by atoms with Gasteiger partial charge in [-0.05, 0) is 67.6 Å². The number of aliphatic hydroxyl groups excluding tert-OH is 1. The van der Waals surface area contributed by atoms with Crippen LogP contribution in [0.1, 0.15) is 53.4 Å². The highest BCUT2D eigenvalue weighted by Gasteiger charge is 2.60. The smallest absolute Gasteiger partial charge is 0.336 e. The topological polar surface area (TPSA) is 79.9 Å². The molecule has 5 atom stereocenters. The molecule has 2 aliphatic rings. The SMILES string of the molecule is CC1(C)[C@H]2CC[C@@](C)(O)[C@H](COc3ccc4ccc(=O)oc4c3)[C@]2(C)CC[C@@H]1O. The van der Waals surface area contributed by atoms with Crippen LogP contribution in [0.3, 0.4) is 0 Å². The third kappa shape index (κ3) is 3.38. The number of fused-ring (bicyclic) bond motifs is 2. The van der Waals surface area contributed by atoms with Gasteiger partial charge in [0.15, 0.2) is 0 Å². The van der Waals surface area contributed by atoms with Crippen molar-refractivity contribution in [1.82, 2.24) is 0 Å². The third-order valence-corrected chi connectivity index (χ3v) is 8.01. The molecule has 2 aromatic rings. The highest BCUT2D eigenvalue weighted by Crippen LogP contribution is 2.61. The van der Waals surface area contributed by atoms with Crippen molar-refractivity contribution >= 4 is 11.0 Å². The van der Waals surface area contributed by atoms with Crippen LogP contribution in [0, 0.1) is 22.7 Å². The molecular formula is C24H32O5. The molecule has 2 aliphatic carbocycles. The number of hydrogen-bond acceptors (Lipinski definition) is 5. The van der Waals surface area contributed by atoms with Crippen molar-refractivity contribution in [3.05, 3.63) is 40.8 Å². The Morgan fingerprint density at radius 1 is 1.10 bits per heavy atom. The Hall–Kier alpha value is -1.85. The van der Waals surface area contributed by atoms with Gasteiger partial charge in [0.25, 0.3) is 0 Å². The number of ether oxygens (including phenoxy) is 1. The van der Waals surface area contributed by atoms with Crippen molar-refractivity contribution in [1.29, 1.82) is 0 Å². The monoisotopic (exact) mass is 400 g/mol. The van der Waals surface area contributed by atoms with Gasteiger partial charge in [-0.15, -0.1) is 0 Å². The Labute approximate surface area is 171 Å². The maximum atomic E-state index is 11.5. The molecule has 0 unspecified atom stereocenters. The summed E-state index contributed by atoms with van der Waals surface area (Å²) in [6, 6.07) is 8.62. The summed E-state index contributed by atoms with van der Waals surface area (Å²) < 4.78 is 11.4. The highest BCUT2D eigenvalue weighted by atomic mass is 16.5. The van der Waals surface area contributed by atoms with Gasteiger partial charge in [-0.1, -0.05) is 20.8 Å². The molecule has 0 amide bonds. The van der Waals surface area contributed by atoms with Crippen LogP contribution in [0.25, 0.3) is 11.0 Å². The minimum absolute atomic E-state index is 0.0565. The van der Waals surface area contributed by atoms with Gasteiger partial charge in [0.05, 0.1) is 18.3 Å². The largest absolute Gasteiger partial charge is 0.493 e. The molecule has 1 aromatic carbocycles. The van der Waals surface area contributed by atoms with E-state index in [1.165, 1.54) is 6.07 Å². The lowest BCUT2D eigenvalue weighted by Crippen LogP contribution is -2.61. The maximum absolute atomic E-state index is 11.5. The first-order valence-electron chi connectivity index (χ1n) is 10.6. The standard InChI is InChI=1S/C24H32O5/c1-22(2)18-9-12-24(4,27)19(23(18,3)11-10-20(22)25)14-28-16-7-5-15-6-8-21(26)29-17(15)13-16/h5-8,13,18-20,25,27H,9-12,14H2,1-4H3/t18-,19-,20+,23-,24-/m1/s1. The Morgan fingerprint density at radius 2 is 1.83 bits per heavy atom. The third-order valence-electron chi connectivity index (χ3n) is 8.01. The van der Waals surface area contributed by atoms with E-state index in [4.69, 9.17) is 9.15 Å². The number of rotatable bonds is 3. The van der Waals surface area contributed by atoms with Crippen LogP contribution >= 0.6 is 0 Å². The Kier molecular flexibility index (Phi) is 4.82. The molecule has 5 nitrogen and oxygen atoms in total. The van der Waals surface area contributed by atoms with Crippen LogP contribution in [0.15, 0.2) is 39.5 Å². The lowest BCUT2D eigenvalue weighted by molar-refractivity contribution is -0.201. The van der Waals surface area contributed by atoms with Crippen LogP contribution in [0.5, 0.6) is 5.75 Å². The molecule has 29 heavy (non-hydrogen) atoms. The second-order valence-electron chi connectivity index (χ2n) is 10.1. The first-order valence-corrected chi connectivity index (χ1v) is 10.6. The summed E-state index contributed by atoms with van der Waals surface area (Å²) in [5, 5.41) is 22.7. The summed E-state index contributed by atoms with van der Waals surface area (Å²) in [5.74, 6) is 0.893. The van der Waals surface area contributed by atoms with E-state index < -0.39 is 5.60 Å². The van der Waals surface area contributed by atoms with Gasteiger partial charge in [-0.3, -0.25) is 0 Å². The van der Waals surface area contributed by atoms with Crippen molar-refractivity contribution in [3.8, 4) is 5.75 Å². The molecule has 2 fully saturated rings. The zero-order valence-corrected chi connectivity index (χ0v) is 17.8. The van der Waals surface area contributed by atoms with Gasteiger partial charge in [0.2, 0.25) is 0 Å². The van der Waals surface area contributed by atoms with E-state index in [0.29, 0.717) is 30.3 Å². The molecule has 0 bridgehead atoms. The number of benzene rings is 1. The molecule has 0 aliphatic heterocycles. The minimum Gasteiger partial charge on any atom is -0.493 e. The van der Waals surface area contributed by atoms with E-state index in [1.807, 2.05) is 19.1 Å². The van der Waals surface area contributed by atoms with Crippen LogP contribution in [0.2, 0.25) is 0 Å². The van der Waals surface area contributed by atoms with Crippen molar-refractivity contribution in [2.24, 2.45) is 22.7 Å². The molecule has 2 N–H and O–H groups in total. The number of aliphatic hydroxyl groups is 2.